The summed E-state index contributed by atoms with van der Waals surface area (Å²) in [6.45, 7) is 0.468. The minimum Gasteiger partial charge on any atom is -0.469 e. The van der Waals surface area contributed by atoms with E-state index in [1.165, 1.54) is 17.7 Å². The third kappa shape index (κ3) is 2.48. The Labute approximate surface area is 106 Å². The van der Waals surface area contributed by atoms with Gasteiger partial charge in [0.25, 0.3) is 0 Å². The van der Waals surface area contributed by atoms with Crippen LogP contribution in [0.1, 0.15) is 11.1 Å². The van der Waals surface area contributed by atoms with Gasteiger partial charge in [-0.15, -0.1) is 0 Å². The highest BCUT2D eigenvalue weighted by Crippen LogP contribution is 2.30. The van der Waals surface area contributed by atoms with E-state index in [-0.39, 0.29) is 12.4 Å². The van der Waals surface area contributed by atoms with Gasteiger partial charge in [0.1, 0.15) is 0 Å². The Kier molecular flexibility index (Phi) is 3.30. The minimum atomic E-state index is -3.21. The molecule has 1 aliphatic heterocycles. The normalized spacial score (nSPS) is 14.4. The van der Waals surface area contributed by atoms with Crippen LogP contribution in [0.15, 0.2) is 18.2 Å². The summed E-state index contributed by atoms with van der Waals surface area (Å²) in [6.07, 6.45) is 2.09. The molecule has 1 aromatic rings. The Hall–Kier alpha value is -1.56. The maximum Gasteiger partial charge on any atom is 0.309 e. The van der Waals surface area contributed by atoms with E-state index in [9.17, 15) is 13.2 Å². The average Bonchev–Trinajstić information content (AvgIpc) is 2.71. The number of rotatable bonds is 3. The summed E-state index contributed by atoms with van der Waals surface area (Å²) in [7, 11) is -1.87. The number of benzene rings is 1. The molecule has 18 heavy (non-hydrogen) atoms. The maximum absolute atomic E-state index is 11.6. The summed E-state index contributed by atoms with van der Waals surface area (Å²) in [5.41, 5.74) is 2.52. The van der Waals surface area contributed by atoms with Gasteiger partial charge in [0.15, 0.2) is 0 Å². The van der Waals surface area contributed by atoms with Gasteiger partial charge < -0.3 is 4.74 Å². The van der Waals surface area contributed by atoms with Gasteiger partial charge in [-0.3, -0.25) is 9.10 Å². The van der Waals surface area contributed by atoms with Crippen molar-refractivity contribution < 1.29 is 17.9 Å². The van der Waals surface area contributed by atoms with Gasteiger partial charge in [-0.2, -0.15) is 0 Å². The monoisotopic (exact) mass is 269 g/mol. The van der Waals surface area contributed by atoms with Crippen molar-refractivity contribution in [2.45, 2.75) is 12.8 Å². The van der Waals surface area contributed by atoms with Crippen LogP contribution in [-0.2, 0) is 32.4 Å². The summed E-state index contributed by atoms with van der Waals surface area (Å²) in [4.78, 5) is 11.2. The van der Waals surface area contributed by atoms with E-state index in [1.54, 1.807) is 12.1 Å². The number of hydrogen-bond donors (Lipinski definition) is 0. The second-order valence-corrected chi connectivity index (χ2v) is 6.21. The van der Waals surface area contributed by atoms with Gasteiger partial charge in [0, 0.05) is 6.54 Å². The van der Waals surface area contributed by atoms with Gasteiger partial charge in [-0.25, -0.2) is 8.42 Å². The van der Waals surface area contributed by atoms with E-state index < -0.39 is 10.0 Å². The van der Waals surface area contributed by atoms with Gasteiger partial charge in [-0.05, 0) is 23.6 Å². The van der Waals surface area contributed by atoms with E-state index in [0.717, 1.165) is 11.1 Å². The highest BCUT2D eigenvalue weighted by atomic mass is 32.2. The SMILES string of the molecule is COC(=O)Cc1ccc2c(c1)CCN2S(C)(=O)=O. The molecule has 0 fully saturated rings. The van der Waals surface area contributed by atoms with Crippen LogP contribution in [0.4, 0.5) is 5.69 Å². The predicted molar refractivity (Wildman–Crippen MR) is 68.1 cm³/mol. The highest BCUT2D eigenvalue weighted by Gasteiger charge is 2.26. The van der Waals surface area contributed by atoms with Crippen molar-refractivity contribution in [3.63, 3.8) is 0 Å². The number of anilines is 1. The lowest BCUT2D eigenvalue weighted by Gasteiger charge is -2.16. The second kappa shape index (κ2) is 4.61. The molecule has 0 saturated heterocycles. The number of fused-ring (bicyclic) bond motifs is 1. The molecule has 0 aliphatic carbocycles. The van der Waals surface area contributed by atoms with Crippen molar-refractivity contribution in [3.8, 4) is 0 Å². The molecule has 1 aromatic carbocycles. The first kappa shape index (κ1) is 12.9. The van der Waals surface area contributed by atoms with Gasteiger partial charge in [-0.1, -0.05) is 12.1 Å². The smallest absolute Gasteiger partial charge is 0.309 e. The molecule has 0 atom stereocenters. The van der Waals surface area contributed by atoms with E-state index >= 15 is 0 Å². The van der Waals surface area contributed by atoms with E-state index in [2.05, 4.69) is 4.74 Å². The van der Waals surface area contributed by atoms with Crippen LogP contribution in [0.3, 0.4) is 0 Å². The number of ether oxygens (including phenoxy) is 1. The molecule has 6 heteroatoms. The minimum absolute atomic E-state index is 0.211. The largest absolute Gasteiger partial charge is 0.469 e. The van der Waals surface area contributed by atoms with Gasteiger partial charge >= 0.3 is 5.97 Å². The second-order valence-electron chi connectivity index (χ2n) is 4.30. The quantitative estimate of drug-likeness (QED) is 0.759. The topological polar surface area (TPSA) is 63.7 Å². The number of nitrogens with zero attached hydrogens (tertiary/aromatic N) is 1. The fourth-order valence-electron chi connectivity index (χ4n) is 2.12. The summed E-state index contributed by atoms with van der Waals surface area (Å²) in [6, 6.07) is 5.39. The van der Waals surface area contributed by atoms with Crippen molar-refractivity contribution in [1.29, 1.82) is 0 Å². The third-order valence-corrected chi connectivity index (χ3v) is 4.15. The molecule has 0 radical (unpaired) electrons. The van der Waals surface area contributed by atoms with E-state index in [0.29, 0.717) is 18.7 Å². The lowest BCUT2D eigenvalue weighted by atomic mass is 10.1. The fourth-order valence-corrected chi connectivity index (χ4v) is 3.08. The molecule has 1 aliphatic rings. The van der Waals surface area contributed by atoms with Crippen molar-refractivity contribution in [2.75, 3.05) is 24.2 Å². The summed E-state index contributed by atoms with van der Waals surface area (Å²) >= 11 is 0. The predicted octanol–water partition coefficient (Wildman–Crippen LogP) is 0.724. The van der Waals surface area contributed by atoms with Crippen LogP contribution in [-0.4, -0.2) is 34.3 Å². The molecule has 2 rings (SSSR count). The third-order valence-electron chi connectivity index (χ3n) is 2.97. The summed E-state index contributed by atoms with van der Waals surface area (Å²) in [5.74, 6) is -0.298. The Morgan fingerprint density at radius 1 is 1.44 bits per heavy atom. The zero-order valence-corrected chi connectivity index (χ0v) is 11.2. The molecule has 0 amide bonds. The van der Waals surface area contributed by atoms with Crippen molar-refractivity contribution in [3.05, 3.63) is 29.3 Å². The molecule has 0 spiro atoms. The molecule has 0 saturated carbocycles. The van der Waals surface area contributed by atoms with Crippen LogP contribution in [0, 0.1) is 0 Å². The first-order chi connectivity index (χ1) is 8.41. The van der Waals surface area contributed by atoms with Crippen LogP contribution >= 0.6 is 0 Å². The first-order valence-electron chi connectivity index (χ1n) is 5.58. The number of carbonyl (C=O) groups excluding carboxylic acids is 1. The number of esters is 1. The van der Waals surface area contributed by atoms with Crippen molar-refractivity contribution >= 4 is 21.7 Å². The van der Waals surface area contributed by atoms with Crippen LogP contribution in [0.25, 0.3) is 0 Å². The molecular formula is C12H15NO4S. The number of carbonyl (C=O) groups is 1. The van der Waals surface area contributed by atoms with Crippen LogP contribution < -0.4 is 4.31 Å². The zero-order chi connectivity index (χ0) is 13.3. The molecule has 0 aromatic heterocycles. The Balaban J connectivity index is 2.28. The average molecular weight is 269 g/mol. The molecule has 98 valence electrons. The zero-order valence-electron chi connectivity index (χ0n) is 10.3. The number of methoxy groups -OCH3 is 1. The Morgan fingerprint density at radius 2 is 2.17 bits per heavy atom. The standard InChI is InChI=1S/C12H15NO4S/c1-17-12(14)8-9-3-4-11-10(7-9)5-6-13(11)18(2,15)16/h3-4,7H,5-6,8H2,1-2H3. The maximum atomic E-state index is 11.6. The van der Waals surface area contributed by atoms with Crippen LogP contribution in [0.5, 0.6) is 0 Å². The van der Waals surface area contributed by atoms with E-state index in [4.69, 9.17) is 0 Å². The summed E-state index contributed by atoms with van der Waals surface area (Å²) in [5, 5.41) is 0. The van der Waals surface area contributed by atoms with Crippen LogP contribution in [0.2, 0.25) is 0 Å². The van der Waals surface area contributed by atoms with Crippen molar-refractivity contribution in [2.24, 2.45) is 0 Å². The molecule has 0 unspecified atom stereocenters. The number of hydrogen-bond acceptors (Lipinski definition) is 4. The first-order valence-corrected chi connectivity index (χ1v) is 7.43. The molecule has 0 bridgehead atoms. The fraction of sp³-hybridized carbons (Fsp3) is 0.417. The molecule has 1 heterocycles. The molecule has 0 N–H and O–H groups in total. The van der Waals surface area contributed by atoms with E-state index in [1.807, 2.05) is 6.07 Å². The lowest BCUT2D eigenvalue weighted by Crippen LogP contribution is -2.27. The molecular weight excluding hydrogens is 254 g/mol. The lowest BCUT2D eigenvalue weighted by molar-refractivity contribution is -0.139. The molecule has 5 nitrogen and oxygen atoms in total. The Bertz CT molecular complexity index is 580. The number of sulfonamides is 1. The van der Waals surface area contributed by atoms with Gasteiger partial charge in [0.05, 0.1) is 25.5 Å². The highest BCUT2D eigenvalue weighted by molar-refractivity contribution is 7.92. The van der Waals surface area contributed by atoms with Gasteiger partial charge in [0.2, 0.25) is 10.0 Å². The van der Waals surface area contributed by atoms with Crippen molar-refractivity contribution in [1.82, 2.24) is 0 Å². The Morgan fingerprint density at radius 3 is 2.78 bits per heavy atom. The summed E-state index contributed by atoms with van der Waals surface area (Å²) < 4.78 is 29.1.